The Balaban J connectivity index is 2.01. The van der Waals surface area contributed by atoms with E-state index in [1.165, 1.54) is 10.9 Å². The molecule has 0 spiro atoms. The standard InChI is InChI=1S/C23H24Cl2N2O/c1-4-14(2)27-20(11-12-21(27)28)22-17-7-5-6-8-19(17)26(3)23(22)16-10-9-15(24)13-18(16)25/h5-10,13-14,20H,4,11-12H2,1-3H3/t14-,20+/m1/s1. The summed E-state index contributed by atoms with van der Waals surface area (Å²) in [6.45, 7) is 4.27. The minimum absolute atomic E-state index is 0.0512. The highest BCUT2D eigenvalue weighted by Gasteiger charge is 2.38. The molecular formula is C23H24Cl2N2O. The van der Waals surface area contributed by atoms with Gasteiger partial charge in [-0.2, -0.15) is 0 Å². The van der Waals surface area contributed by atoms with Crippen molar-refractivity contribution < 1.29 is 4.79 Å². The number of carbonyl (C=O) groups excluding carboxylic acids is 1. The lowest BCUT2D eigenvalue weighted by molar-refractivity contribution is -0.131. The smallest absolute Gasteiger partial charge is 0.223 e. The van der Waals surface area contributed by atoms with Gasteiger partial charge in [0.15, 0.2) is 0 Å². The van der Waals surface area contributed by atoms with Crippen molar-refractivity contribution in [1.82, 2.24) is 9.47 Å². The van der Waals surface area contributed by atoms with Gasteiger partial charge in [-0.3, -0.25) is 4.79 Å². The summed E-state index contributed by atoms with van der Waals surface area (Å²) >= 11 is 12.8. The van der Waals surface area contributed by atoms with Crippen molar-refractivity contribution in [3.63, 3.8) is 0 Å². The molecule has 1 aliphatic rings. The predicted molar refractivity (Wildman–Crippen MR) is 117 cm³/mol. The minimum atomic E-state index is 0.0512. The van der Waals surface area contributed by atoms with E-state index < -0.39 is 0 Å². The van der Waals surface area contributed by atoms with Gasteiger partial charge in [0.05, 0.1) is 16.8 Å². The number of amides is 1. The molecule has 28 heavy (non-hydrogen) atoms. The average molecular weight is 415 g/mol. The average Bonchev–Trinajstić information content (AvgIpc) is 3.19. The van der Waals surface area contributed by atoms with Crippen LogP contribution in [0.2, 0.25) is 10.0 Å². The molecule has 3 aromatic rings. The van der Waals surface area contributed by atoms with Gasteiger partial charge in [0, 0.05) is 46.6 Å². The Labute approximate surface area is 175 Å². The fraction of sp³-hybridized carbons (Fsp3) is 0.348. The number of halogens is 2. The third-order valence-electron chi connectivity index (χ3n) is 5.99. The topological polar surface area (TPSA) is 25.2 Å². The first-order valence-corrected chi connectivity index (χ1v) is 10.5. The van der Waals surface area contributed by atoms with E-state index >= 15 is 0 Å². The van der Waals surface area contributed by atoms with Crippen LogP contribution in [-0.2, 0) is 11.8 Å². The highest BCUT2D eigenvalue weighted by molar-refractivity contribution is 6.36. The molecule has 146 valence electrons. The third kappa shape index (κ3) is 3.01. The Bertz CT molecular complexity index is 1060. The molecule has 3 nitrogen and oxygen atoms in total. The largest absolute Gasteiger partial charge is 0.343 e. The molecule has 0 bridgehead atoms. The summed E-state index contributed by atoms with van der Waals surface area (Å²) in [5, 5.41) is 2.42. The van der Waals surface area contributed by atoms with E-state index in [-0.39, 0.29) is 18.0 Å². The van der Waals surface area contributed by atoms with Crippen molar-refractivity contribution in [3.05, 3.63) is 58.1 Å². The zero-order valence-electron chi connectivity index (χ0n) is 16.4. The Kier molecular flexibility index (Phi) is 5.15. The van der Waals surface area contributed by atoms with E-state index in [0.29, 0.717) is 16.5 Å². The van der Waals surface area contributed by atoms with Crippen LogP contribution in [0.5, 0.6) is 0 Å². The third-order valence-corrected chi connectivity index (χ3v) is 6.53. The van der Waals surface area contributed by atoms with Gasteiger partial charge in [0.25, 0.3) is 0 Å². The highest BCUT2D eigenvalue weighted by atomic mass is 35.5. The van der Waals surface area contributed by atoms with Crippen molar-refractivity contribution in [2.45, 2.75) is 45.2 Å². The molecular weight excluding hydrogens is 391 g/mol. The van der Waals surface area contributed by atoms with Gasteiger partial charge >= 0.3 is 0 Å². The number of rotatable bonds is 4. The van der Waals surface area contributed by atoms with E-state index in [1.807, 2.05) is 18.2 Å². The Morgan fingerprint density at radius 3 is 2.64 bits per heavy atom. The number of carbonyl (C=O) groups is 1. The van der Waals surface area contributed by atoms with Crippen molar-refractivity contribution in [2.24, 2.45) is 7.05 Å². The van der Waals surface area contributed by atoms with Crippen molar-refractivity contribution >= 4 is 40.0 Å². The van der Waals surface area contributed by atoms with Crippen LogP contribution in [0.3, 0.4) is 0 Å². The van der Waals surface area contributed by atoms with E-state index in [0.717, 1.165) is 29.6 Å². The lowest BCUT2D eigenvalue weighted by atomic mass is 9.96. The van der Waals surface area contributed by atoms with Crippen LogP contribution >= 0.6 is 23.2 Å². The Morgan fingerprint density at radius 1 is 1.18 bits per heavy atom. The summed E-state index contributed by atoms with van der Waals surface area (Å²) in [4.78, 5) is 14.8. The van der Waals surface area contributed by atoms with E-state index in [2.05, 4.69) is 48.6 Å². The molecule has 4 rings (SSSR count). The molecule has 0 unspecified atom stereocenters. The molecule has 0 N–H and O–H groups in total. The molecule has 5 heteroatoms. The van der Waals surface area contributed by atoms with E-state index in [9.17, 15) is 4.79 Å². The Morgan fingerprint density at radius 2 is 1.93 bits per heavy atom. The maximum Gasteiger partial charge on any atom is 0.223 e. The molecule has 2 heterocycles. The summed E-state index contributed by atoms with van der Waals surface area (Å²) in [5.74, 6) is 0.237. The first-order valence-electron chi connectivity index (χ1n) is 9.78. The van der Waals surface area contributed by atoms with Crippen LogP contribution in [0.25, 0.3) is 22.2 Å². The summed E-state index contributed by atoms with van der Waals surface area (Å²) in [5.41, 5.74) is 4.34. The predicted octanol–water partition coefficient (Wildman–Crippen LogP) is 6.61. The quantitative estimate of drug-likeness (QED) is 0.470. The zero-order valence-corrected chi connectivity index (χ0v) is 17.9. The number of hydrogen-bond donors (Lipinski definition) is 0. The molecule has 1 fully saturated rings. The van der Waals surface area contributed by atoms with Gasteiger partial charge < -0.3 is 9.47 Å². The van der Waals surface area contributed by atoms with E-state index in [1.54, 1.807) is 6.07 Å². The van der Waals surface area contributed by atoms with Gasteiger partial charge in [0.2, 0.25) is 5.91 Å². The number of para-hydroxylation sites is 1. The molecule has 0 aliphatic carbocycles. The lowest BCUT2D eigenvalue weighted by Crippen LogP contribution is -2.35. The molecule has 0 saturated carbocycles. The number of aryl methyl sites for hydroxylation is 1. The number of fused-ring (bicyclic) bond motifs is 1. The fourth-order valence-corrected chi connectivity index (χ4v) is 5.00. The van der Waals surface area contributed by atoms with Crippen LogP contribution in [0.15, 0.2) is 42.5 Å². The number of aromatic nitrogens is 1. The fourth-order valence-electron chi connectivity index (χ4n) is 4.50. The Hall–Kier alpha value is -1.97. The molecule has 2 atom stereocenters. The van der Waals surface area contributed by atoms with Crippen LogP contribution in [0.4, 0.5) is 0 Å². The lowest BCUT2D eigenvalue weighted by Gasteiger charge is -2.31. The number of benzene rings is 2. The first kappa shape index (κ1) is 19.4. The van der Waals surface area contributed by atoms with Gasteiger partial charge in [-0.1, -0.05) is 48.3 Å². The summed E-state index contributed by atoms with van der Waals surface area (Å²) in [6, 6.07) is 14.3. The van der Waals surface area contributed by atoms with Gasteiger partial charge in [-0.25, -0.2) is 0 Å². The summed E-state index contributed by atoms with van der Waals surface area (Å²) in [7, 11) is 2.07. The van der Waals surface area contributed by atoms with Gasteiger partial charge in [-0.05, 0) is 44.0 Å². The van der Waals surface area contributed by atoms with Gasteiger partial charge in [-0.15, -0.1) is 0 Å². The van der Waals surface area contributed by atoms with Crippen LogP contribution in [0.1, 0.15) is 44.7 Å². The minimum Gasteiger partial charge on any atom is -0.343 e. The highest BCUT2D eigenvalue weighted by Crippen LogP contribution is 2.46. The van der Waals surface area contributed by atoms with Crippen LogP contribution in [0, 0.1) is 0 Å². The number of nitrogens with zero attached hydrogens (tertiary/aromatic N) is 2. The maximum atomic E-state index is 12.7. The van der Waals surface area contributed by atoms with Crippen molar-refractivity contribution in [2.75, 3.05) is 0 Å². The molecule has 0 radical (unpaired) electrons. The van der Waals surface area contributed by atoms with Gasteiger partial charge in [0.1, 0.15) is 0 Å². The van der Waals surface area contributed by atoms with Crippen LogP contribution in [-0.4, -0.2) is 21.4 Å². The zero-order chi connectivity index (χ0) is 20.0. The molecule has 1 aromatic heterocycles. The van der Waals surface area contributed by atoms with E-state index in [4.69, 9.17) is 23.2 Å². The molecule has 1 saturated heterocycles. The second kappa shape index (κ2) is 7.46. The van der Waals surface area contributed by atoms with Crippen molar-refractivity contribution in [1.29, 1.82) is 0 Å². The molecule has 2 aromatic carbocycles. The number of hydrogen-bond acceptors (Lipinski definition) is 1. The molecule has 1 aliphatic heterocycles. The molecule has 1 amide bonds. The second-order valence-electron chi connectivity index (χ2n) is 7.58. The maximum absolute atomic E-state index is 12.7. The van der Waals surface area contributed by atoms with Crippen molar-refractivity contribution in [3.8, 4) is 11.3 Å². The second-order valence-corrected chi connectivity index (χ2v) is 8.42. The summed E-state index contributed by atoms with van der Waals surface area (Å²) in [6.07, 6.45) is 2.35. The monoisotopic (exact) mass is 414 g/mol. The first-order chi connectivity index (χ1) is 13.4. The summed E-state index contributed by atoms with van der Waals surface area (Å²) < 4.78 is 2.19. The normalized spacial score (nSPS) is 18.2. The van der Waals surface area contributed by atoms with Crippen LogP contribution < -0.4 is 0 Å². The number of likely N-dealkylation sites (tertiary alicyclic amines) is 1. The SMILES string of the molecule is CC[C@@H](C)N1C(=O)CC[C@H]1c1c(-c2ccc(Cl)cc2Cl)n(C)c2ccccc12.